The first-order chi connectivity index (χ1) is 12.2. The van der Waals surface area contributed by atoms with Crippen molar-refractivity contribution in [3.63, 3.8) is 0 Å². The van der Waals surface area contributed by atoms with E-state index in [2.05, 4.69) is 10.6 Å². The van der Waals surface area contributed by atoms with Gasteiger partial charge in [0.05, 0.1) is 10.8 Å². The summed E-state index contributed by atoms with van der Waals surface area (Å²) in [6, 6.07) is 7.18. The van der Waals surface area contributed by atoms with Crippen LogP contribution in [-0.4, -0.2) is 39.8 Å². The summed E-state index contributed by atoms with van der Waals surface area (Å²) in [5.41, 5.74) is 5.37. The predicted molar refractivity (Wildman–Crippen MR) is 101 cm³/mol. The van der Waals surface area contributed by atoms with E-state index >= 15 is 0 Å². The SMILES string of the molecule is CC(=O)N[C@@H](CC(C)C)C(=O)N[C@@H](CC[S@@](=O)c1ccccc1)C(N)=O. The van der Waals surface area contributed by atoms with Crippen molar-refractivity contribution in [1.29, 1.82) is 0 Å². The molecule has 0 aliphatic rings. The molecule has 0 aromatic heterocycles. The lowest BCUT2D eigenvalue weighted by Crippen LogP contribution is -2.53. The quantitative estimate of drug-likeness (QED) is 0.553. The molecule has 0 unspecified atom stereocenters. The second kappa shape index (κ2) is 10.7. The van der Waals surface area contributed by atoms with Crippen molar-refractivity contribution in [3.8, 4) is 0 Å². The molecule has 0 aliphatic heterocycles. The molecule has 0 saturated heterocycles. The molecule has 0 fully saturated rings. The van der Waals surface area contributed by atoms with Crippen LogP contribution >= 0.6 is 0 Å². The fraction of sp³-hybridized carbons (Fsp3) is 0.500. The lowest BCUT2D eigenvalue weighted by atomic mass is 10.0. The van der Waals surface area contributed by atoms with Gasteiger partial charge in [-0.05, 0) is 30.9 Å². The normalized spacial score (nSPS) is 14.3. The standard InChI is InChI=1S/C18H27N3O4S/c1-12(2)11-16(20-13(3)22)18(24)21-15(17(19)23)9-10-26(25)14-7-5-4-6-8-14/h4-8,12,15-16H,9-11H2,1-3H3,(H2,19,23)(H,20,22)(H,21,24)/t15-,16-,26+/m0/s1. The molecule has 0 spiro atoms. The molecule has 0 aliphatic carbocycles. The second-order valence-electron chi connectivity index (χ2n) is 6.50. The highest BCUT2D eigenvalue weighted by Crippen LogP contribution is 2.09. The summed E-state index contributed by atoms with van der Waals surface area (Å²) in [5, 5.41) is 5.15. The highest BCUT2D eigenvalue weighted by atomic mass is 32.2. The summed E-state index contributed by atoms with van der Waals surface area (Å²) in [6.45, 7) is 5.18. The summed E-state index contributed by atoms with van der Waals surface area (Å²) in [6.07, 6.45) is 0.587. The summed E-state index contributed by atoms with van der Waals surface area (Å²) in [4.78, 5) is 36.1. The molecule has 0 heterocycles. The van der Waals surface area contributed by atoms with Crippen molar-refractivity contribution >= 4 is 28.5 Å². The van der Waals surface area contributed by atoms with E-state index in [0.29, 0.717) is 11.3 Å². The number of carbonyl (C=O) groups is 3. The van der Waals surface area contributed by atoms with E-state index in [1.807, 2.05) is 19.9 Å². The lowest BCUT2D eigenvalue weighted by molar-refractivity contribution is -0.131. The number of rotatable bonds is 10. The van der Waals surface area contributed by atoms with Gasteiger partial charge in [0.2, 0.25) is 17.7 Å². The smallest absolute Gasteiger partial charge is 0.243 e. The minimum atomic E-state index is -1.29. The molecule has 0 radical (unpaired) electrons. The Kier molecular flexibility index (Phi) is 8.98. The number of hydrogen-bond acceptors (Lipinski definition) is 4. The number of nitrogens with two attached hydrogens (primary N) is 1. The highest BCUT2D eigenvalue weighted by Gasteiger charge is 2.26. The van der Waals surface area contributed by atoms with Gasteiger partial charge in [0.1, 0.15) is 12.1 Å². The molecule has 8 heteroatoms. The fourth-order valence-corrected chi connectivity index (χ4v) is 3.57. The molecule has 3 atom stereocenters. The van der Waals surface area contributed by atoms with E-state index in [1.165, 1.54) is 6.92 Å². The van der Waals surface area contributed by atoms with Gasteiger partial charge in [-0.25, -0.2) is 0 Å². The first-order valence-electron chi connectivity index (χ1n) is 8.51. The maximum Gasteiger partial charge on any atom is 0.243 e. The van der Waals surface area contributed by atoms with Gasteiger partial charge < -0.3 is 16.4 Å². The second-order valence-corrected chi connectivity index (χ2v) is 8.07. The third kappa shape index (κ3) is 7.77. The van der Waals surface area contributed by atoms with Crippen LogP contribution in [0.2, 0.25) is 0 Å². The Morgan fingerprint density at radius 1 is 1.08 bits per heavy atom. The van der Waals surface area contributed by atoms with Gasteiger partial charge in [0.25, 0.3) is 0 Å². The zero-order chi connectivity index (χ0) is 19.7. The van der Waals surface area contributed by atoms with E-state index < -0.39 is 34.7 Å². The first-order valence-corrected chi connectivity index (χ1v) is 9.82. The average molecular weight is 381 g/mol. The van der Waals surface area contributed by atoms with Crippen LogP contribution < -0.4 is 16.4 Å². The summed E-state index contributed by atoms with van der Waals surface area (Å²) >= 11 is 0. The summed E-state index contributed by atoms with van der Waals surface area (Å²) in [7, 11) is -1.29. The van der Waals surface area contributed by atoms with Crippen LogP contribution in [0.1, 0.15) is 33.6 Å². The van der Waals surface area contributed by atoms with Crippen LogP contribution in [0.15, 0.2) is 35.2 Å². The number of carbonyl (C=O) groups excluding carboxylic acids is 3. The van der Waals surface area contributed by atoms with Crippen LogP contribution in [0.25, 0.3) is 0 Å². The van der Waals surface area contributed by atoms with Crippen molar-refractivity contribution in [2.75, 3.05) is 5.75 Å². The third-order valence-corrected chi connectivity index (χ3v) is 5.06. The van der Waals surface area contributed by atoms with Gasteiger partial charge in [-0.3, -0.25) is 18.6 Å². The molecule has 0 bridgehead atoms. The van der Waals surface area contributed by atoms with Gasteiger partial charge in [0, 0.05) is 17.6 Å². The van der Waals surface area contributed by atoms with E-state index in [4.69, 9.17) is 5.73 Å². The van der Waals surface area contributed by atoms with Gasteiger partial charge in [-0.1, -0.05) is 32.0 Å². The topological polar surface area (TPSA) is 118 Å². The van der Waals surface area contributed by atoms with E-state index in [0.717, 1.165) is 0 Å². The Balaban J connectivity index is 2.70. The number of nitrogens with one attached hydrogen (secondary N) is 2. The van der Waals surface area contributed by atoms with Gasteiger partial charge in [-0.2, -0.15) is 0 Å². The summed E-state index contributed by atoms with van der Waals surface area (Å²) < 4.78 is 12.3. The largest absolute Gasteiger partial charge is 0.368 e. The zero-order valence-corrected chi connectivity index (χ0v) is 16.2. The lowest BCUT2D eigenvalue weighted by Gasteiger charge is -2.22. The molecular weight excluding hydrogens is 354 g/mol. The Hall–Kier alpha value is -2.22. The van der Waals surface area contributed by atoms with Crippen molar-refractivity contribution in [3.05, 3.63) is 30.3 Å². The maximum atomic E-state index is 12.4. The Morgan fingerprint density at radius 2 is 1.69 bits per heavy atom. The van der Waals surface area contributed by atoms with E-state index in [-0.39, 0.29) is 24.0 Å². The van der Waals surface area contributed by atoms with Crippen molar-refractivity contribution in [2.45, 2.75) is 50.6 Å². The van der Waals surface area contributed by atoms with Gasteiger partial charge in [-0.15, -0.1) is 0 Å². The molecule has 4 N–H and O–H groups in total. The zero-order valence-electron chi connectivity index (χ0n) is 15.4. The molecular formula is C18H27N3O4S. The molecule has 1 aromatic rings. The number of benzene rings is 1. The highest BCUT2D eigenvalue weighted by molar-refractivity contribution is 7.85. The number of primary amides is 1. The first kappa shape index (κ1) is 21.8. The Bertz CT molecular complexity index is 649. The molecule has 3 amide bonds. The number of amides is 3. The minimum Gasteiger partial charge on any atom is -0.368 e. The van der Waals surface area contributed by atoms with Crippen molar-refractivity contribution in [2.24, 2.45) is 11.7 Å². The van der Waals surface area contributed by atoms with Gasteiger partial charge in [0.15, 0.2) is 0 Å². The molecule has 144 valence electrons. The van der Waals surface area contributed by atoms with E-state index in [9.17, 15) is 18.6 Å². The molecule has 0 saturated carbocycles. The molecule has 7 nitrogen and oxygen atoms in total. The average Bonchev–Trinajstić information content (AvgIpc) is 2.57. The van der Waals surface area contributed by atoms with Crippen molar-refractivity contribution < 1.29 is 18.6 Å². The van der Waals surface area contributed by atoms with Crippen LogP contribution in [0, 0.1) is 5.92 Å². The molecule has 1 rings (SSSR count). The van der Waals surface area contributed by atoms with Crippen LogP contribution in [0.5, 0.6) is 0 Å². The number of hydrogen-bond donors (Lipinski definition) is 3. The summed E-state index contributed by atoms with van der Waals surface area (Å²) in [5.74, 6) is -1.13. The third-order valence-electron chi connectivity index (χ3n) is 3.66. The fourth-order valence-electron chi connectivity index (χ4n) is 2.42. The van der Waals surface area contributed by atoms with Crippen LogP contribution in [-0.2, 0) is 25.2 Å². The maximum absolute atomic E-state index is 12.4. The van der Waals surface area contributed by atoms with Crippen LogP contribution in [0.4, 0.5) is 0 Å². The van der Waals surface area contributed by atoms with Gasteiger partial charge >= 0.3 is 0 Å². The van der Waals surface area contributed by atoms with Crippen molar-refractivity contribution in [1.82, 2.24) is 10.6 Å². The molecule has 1 aromatic carbocycles. The Morgan fingerprint density at radius 3 is 2.19 bits per heavy atom. The van der Waals surface area contributed by atoms with Crippen LogP contribution in [0.3, 0.4) is 0 Å². The minimum absolute atomic E-state index is 0.150. The monoisotopic (exact) mass is 381 g/mol. The Labute approximate surface area is 156 Å². The predicted octanol–water partition coefficient (Wildman–Crippen LogP) is 0.705. The van der Waals surface area contributed by atoms with E-state index in [1.54, 1.807) is 24.3 Å². The molecule has 26 heavy (non-hydrogen) atoms.